The quantitative estimate of drug-likeness (QED) is 0.0584. The Labute approximate surface area is 379 Å². The summed E-state index contributed by atoms with van der Waals surface area (Å²) >= 11 is 0. The fourth-order valence-electron chi connectivity index (χ4n) is 7.39. The third-order valence-corrected chi connectivity index (χ3v) is 10.4. The van der Waals surface area contributed by atoms with Crippen molar-refractivity contribution in [3.63, 3.8) is 0 Å². The second-order valence-electron chi connectivity index (χ2n) is 14.6. The van der Waals surface area contributed by atoms with Crippen LogP contribution in [0.2, 0.25) is 0 Å². The molecule has 0 unspecified atom stereocenters. The summed E-state index contributed by atoms with van der Waals surface area (Å²) in [6, 6.07) is 23.5. The number of carboxylic acids is 3. The summed E-state index contributed by atoms with van der Waals surface area (Å²) < 4.78 is 1.95. The molecule has 1 amide bonds. The second-order valence-corrected chi connectivity index (χ2v) is 14.6. The fraction of sp³-hybridized carbons (Fsp3) is 0.425. The van der Waals surface area contributed by atoms with Crippen molar-refractivity contribution in [3.8, 4) is 0 Å². The van der Waals surface area contributed by atoms with E-state index in [1.54, 1.807) is 26.6 Å². The number of nitrogens with zero attached hydrogens (tertiary/aromatic N) is 7. The maximum atomic E-state index is 13.8. The Balaban J connectivity index is 0.00000744. The standard InChI is InChI=1S/C40H52BN7O9.Eu/c1-42(31-8-4-3-5-9-31)14-23-48-35-13-12-30(24-34(35)32-10-6-7-11-33(32)40(48)41(56)57)25-43(2)36(49)26-44-15-17-45(27-37(50)51)19-21-47(29-39(54)55)22-20-46(18-16-44)28-38(52)53;/h3-13,24,56-57H,14-23,25-29H2,1-2H3,(H2-,50,51,52,53,54,55);/p+1. The van der Waals surface area contributed by atoms with Gasteiger partial charge in [0.1, 0.15) is 0 Å². The van der Waals surface area contributed by atoms with Crippen LogP contribution in [0.15, 0.2) is 72.8 Å². The minimum atomic E-state index is -1.71. The summed E-state index contributed by atoms with van der Waals surface area (Å²) in [5, 5.41) is 52.3. The van der Waals surface area contributed by atoms with E-state index in [0.717, 1.165) is 27.5 Å². The fourth-order valence-corrected chi connectivity index (χ4v) is 7.39. The van der Waals surface area contributed by atoms with E-state index >= 15 is 0 Å². The van der Waals surface area contributed by atoms with E-state index in [1.807, 2.05) is 89.3 Å². The number of carbonyl (C=O) groups is 4. The minimum Gasteiger partial charge on any atom is -0.480 e. The van der Waals surface area contributed by atoms with Crippen LogP contribution in [0.5, 0.6) is 0 Å². The van der Waals surface area contributed by atoms with Crippen LogP contribution in [0.1, 0.15) is 5.56 Å². The zero-order valence-electron chi connectivity index (χ0n) is 33.0. The first-order valence-electron chi connectivity index (χ1n) is 19.1. The van der Waals surface area contributed by atoms with Gasteiger partial charge in [0.2, 0.25) is 17.0 Å². The molecular weight excluding hydrogens is 885 g/mol. The van der Waals surface area contributed by atoms with Crippen molar-refractivity contribution in [1.29, 1.82) is 0 Å². The average molecular weight is 939 g/mol. The van der Waals surface area contributed by atoms with Crippen molar-refractivity contribution in [2.24, 2.45) is 0 Å². The number of hydrogen-bond donors (Lipinski definition) is 5. The minimum absolute atomic E-state index is 0. The Bertz CT molecular complexity index is 2000. The predicted octanol–water partition coefficient (Wildman–Crippen LogP) is -0.469. The van der Waals surface area contributed by atoms with Gasteiger partial charge < -0.3 is 35.2 Å². The van der Waals surface area contributed by atoms with Crippen LogP contribution in [0, 0.1) is 49.4 Å². The Hall–Kier alpha value is -3.58. The van der Waals surface area contributed by atoms with Gasteiger partial charge in [-0.25, -0.2) is 0 Å². The van der Waals surface area contributed by atoms with Gasteiger partial charge in [0.15, 0.2) is 6.54 Å². The first-order valence-corrected chi connectivity index (χ1v) is 19.1. The maximum Gasteiger partial charge on any atom is 0.561 e. The Morgan fingerprint density at radius 3 is 1.59 bits per heavy atom. The molecule has 1 saturated heterocycles. The number of hydrogen-bond acceptors (Lipinski definition) is 11. The van der Waals surface area contributed by atoms with E-state index < -0.39 is 25.0 Å². The summed E-state index contributed by atoms with van der Waals surface area (Å²) in [5.41, 5.74) is 3.12. The van der Waals surface area contributed by atoms with Crippen LogP contribution in [0.4, 0.5) is 5.69 Å². The summed E-state index contributed by atoms with van der Waals surface area (Å²) in [6.07, 6.45) is 0. The molecule has 1 radical (unpaired) electrons. The SMILES string of the molecule is CN(Cc1ccc2c(c1)c1ccccc1c(B(O)O)[n+]2CCN(C)c1ccccc1)C(=O)CN1CCN(CC(=O)O)CCN(CC(=O)O)CCN(CC(=O)O)CC1.[Eu]. The number of carboxylic acid groups (broad SMARTS) is 3. The molecule has 0 bridgehead atoms. The van der Waals surface area contributed by atoms with E-state index in [2.05, 4.69) is 4.90 Å². The number of aliphatic carboxylic acids is 3. The molecule has 1 fully saturated rings. The Morgan fingerprint density at radius 2 is 1.10 bits per heavy atom. The molecule has 1 aliphatic heterocycles. The third kappa shape index (κ3) is 13.5. The first-order chi connectivity index (χ1) is 27.3. The number of fused-ring (bicyclic) bond motifs is 3. The molecule has 0 atom stereocenters. The van der Waals surface area contributed by atoms with Crippen LogP contribution in [-0.2, 0) is 32.3 Å². The van der Waals surface area contributed by atoms with Gasteiger partial charge in [0.05, 0.1) is 38.1 Å². The zero-order valence-corrected chi connectivity index (χ0v) is 35.4. The van der Waals surface area contributed by atoms with Crippen molar-refractivity contribution in [2.75, 3.05) is 104 Å². The van der Waals surface area contributed by atoms with Crippen LogP contribution in [0.3, 0.4) is 0 Å². The van der Waals surface area contributed by atoms with E-state index in [1.165, 1.54) is 0 Å². The van der Waals surface area contributed by atoms with Crippen LogP contribution >= 0.6 is 0 Å². The molecule has 2 heterocycles. The van der Waals surface area contributed by atoms with Crippen LogP contribution in [0.25, 0.3) is 21.7 Å². The topological polar surface area (TPSA) is 193 Å². The summed E-state index contributed by atoms with van der Waals surface area (Å²) in [6.45, 7) is 3.11. The molecule has 4 aromatic rings. The van der Waals surface area contributed by atoms with Gasteiger partial charge in [-0.05, 0) is 29.8 Å². The molecule has 1 aliphatic rings. The Kier molecular flexibility index (Phi) is 18.4. The molecule has 5 N–H and O–H groups in total. The molecule has 18 heteroatoms. The molecule has 1 aromatic heterocycles. The van der Waals surface area contributed by atoms with Crippen molar-refractivity contribution in [1.82, 2.24) is 24.5 Å². The van der Waals surface area contributed by atoms with Crippen LogP contribution in [-0.4, -0.2) is 180 Å². The van der Waals surface area contributed by atoms with Gasteiger partial charge in [-0.2, -0.15) is 4.57 Å². The largest absolute Gasteiger partial charge is 0.561 e. The molecule has 0 spiro atoms. The zero-order chi connectivity index (χ0) is 41.1. The first kappa shape index (κ1) is 47.1. The van der Waals surface area contributed by atoms with Crippen molar-refractivity contribution in [3.05, 3.63) is 78.4 Å². The van der Waals surface area contributed by atoms with E-state index in [9.17, 15) is 44.5 Å². The molecule has 311 valence electrons. The number of carbonyl (C=O) groups excluding carboxylic acids is 1. The number of likely N-dealkylation sites (N-methyl/N-ethyl adjacent to an activating group) is 2. The number of amides is 1. The summed E-state index contributed by atoms with van der Waals surface area (Å²) in [4.78, 5) is 59.5. The van der Waals surface area contributed by atoms with Crippen molar-refractivity contribution < 1.29 is 98.5 Å². The third-order valence-electron chi connectivity index (χ3n) is 10.4. The molecule has 5 rings (SSSR count). The normalized spacial score (nSPS) is 15.2. The molecule has 58 heavy (non-hydrogen) atoms. The number of para-hydroxylation sites is 1. The van der Waals surface area contributed by atoms with E-state index in [-0.39, 0.29) is 101 Å². The molecule has 0 aliphatic carbocycles. The van der Waals surface area contributed by atoms with Gasteiger partial charge in [0, 0.05) is 145 Å². The van der Waals surface area contributed by atoms with E-state index in [0.29, 0.717) is 63.3 Å². The molecular formula is C40H53BEuN7O9+. The average Bonchev–Trinajstić information content (AvgIpc) is 3.17. The van der Waals surface area contributed by atoms with Crippen molar-refractivity contribution >= 4 is 63.9 Å². The van der Waals surface area contributed by atoms with E-state index in [4.69, 9.17) is 0 Å². The Morgan fingerprint density at radius 1 is 0.638 bits per heavy atom. The number of pyridine rings is 1. The maximum absolute atomic E-state index is 13.8. The van der Waals surface area contributed by atoms with Gasteiger partial charge in [-0.15, -0.1) is 0 Å². The van der Waals surface area contributed by atoms with Crippen LogP contribution < -0.4 is 15.1 Å². The summed E-state index contributed by atoms with van der Waals surface area (Å²) in [7, 11) is 2.00. The van der Waals surface area contributed by atoms with Gasteiger partial charge in [-0.1, -0.05) is 42.5 Å². The van der Waals surface area contributed by atoms with Gasteiger partial charge >= 0.3 is 25.0 Å². The molecule has 16 nitrogen and oxygen atoms in total. The molecule has 3 aromatic carbocycles. The summed E-state index contributed by atoms with van der Waals surface area (Å²) in [5.74, 6) is -3.23. The number of aromatic nitrogens is 1. The van der Waals surface area contributed by atoms with Gasteiger partial charge in [0.25, 0.3) is 0 Å². The van der Waals surface area contributed by atoms with Gasteiger partial charge in [-0.3, -0.25) is 38.8 Å². The van der Waals surface area contributed by atoms with Crippen molar-refractivity contribution in [2.45, 2.75) is 13.1 Å². The monoisotopic (exact) mass is 939 g/mol. The number of benzene rings is 3. The molecule has 0 saturated carbocycles. The predicted molar refractivity (Wildman–Crippen MR) is 216 cm³/mol. The number of rotatable bonds is 15. The second kappa shape index (κ2) is 22.7. The smallest absolute Gasteiger partial charge is 0.480 e. The number of anilines is 1.